The minimum atomic E-state index is -1.06. The van der Waals surface area contributed by atoms with E-state index in [1.165, 1.54) is 24.3 Å². The molecule has 4 N–H and O–H groups in total. The van der Waals surface area contributed by atoms with Crippen LogP contribution in [-0.2, 0) is 4.79 Å². The summed E-state index contributed by atoms with van der Waals surface area (Å²) in [6, 6.07) is 5.03. The molecule has 0 saturated heterocycles. The zero-order valence-corrected chi connectivity index (χ0v) is 11.2. The Morgan fingerprint density at radius 2 is 2.00 bits per heavy atom. The van der Waals surface area contributed by atoms with E-state index in [-0.39, 0.29) is 23.3 Å². The molecule has 1 heterocycles. The number of aliphatic carboxylic acids is 1. The van der Waals surface area contributed by atoms with E-state index in [1.54, 1.807) is 0 Å². The van der Waals surface area contributed by atoms with Gasteiger partial charge in [0, 0.05) is 0 Å². The van der Waals surface area contributed by atoms with Crippen LogP contribution in [0.15, 0.2) is 34.8 Å². The van der Waals surface area contributed by atoms with Crippen molar-refractivity contribution >= 4 is 17.6 Å². The fourth-order valence-electron chi connectivity index (χ4n) is 2.15. The van der Waals surface area contributed by atoms with Crippen molar-refractivity contribution in [3.8, 4) is 0 Å². The maximum atomic E-state index is 13.0. The molecule has 106 valence electrons. The van der Waals surface area contributed by atoms with Gasteiger partial charge in [-0.25, -0.2) is 14.2 Å². The summed E-state index contributed by atoms with van der Waals surface area (Å²) in [6.45, 7) is 3.75. The summed E-state index contributed by atoms with van der Waals surface area (Å²) in [6.07, 6.45) is 0. The minimum absolute atomic E-state index is 0.0165. The predicted molar refractivity (Wildman–Crippen MR) is 74.3 cm³/mol. The van der Waals surface area contributed by atoms with E-state index in [4.69, 9.17) is 5.73 Å². The van der Waals surface area contributed by atoms with E-state index < -0.39 is 12.0 Å². The summed E-state index contributed by atoms with van der Waals surface area (Å²) < 4.78 is 13.0. The topological polar surface area (TPSA) is 87.7 Å². The van der Waals surface area contributed by atoms with Crippen molar-refractivity contribution in [3.05, 3.63) is 41.2 Å². The zero-order chi connectivity index (χ0) is 14.9. The van der Waals surface area contributed by atoms with Crippen molar-refractivity contribution in [2.75, 3.05) is 0 Å². The van der Waals surface area contributed by atoms with E-state index in [9.17, 15) is 14.3 Å². The quantitative estimate of drug-likeness (QED) is 0.782. The first kappa shape index (κ1) is 14.0. The van der Waals surface area contributed by atoms with Gasteiger partial charge in [0.05, 0.1) is 17.3 Å². The number of aliphatic imine (C=N–C) groups is 1. The van der Waals surface area contributed by atoms with Crippen LogP contribution in [0.1, 0.15) is 19.4 Å². The van der Waals surface area contributed by atoms with Gasteiger partial charge in [-0.05, 0) is 35.7 Å². The zero-order valence-electron chi connectivity index (χ0n) is 11.2. The molecule has 20 heavy (non-hydrogen) atoms. The highest BCUT2D eigenvalue weighted by Gasteiger charge is 2.31. The molecule has 1 atom stereocenters. The number of nitrogens with zero attached hydrogens (tertiary/aromatic N) is 1. The number of rotatable bonds is 3. The Morgan fingerprint density at radius 1 is 1.40 bits per heavy atom. The SMILES string of the molecule is CC(C)C1N=C(N)NC(c2ccc(F)cc2)=C1C(=O)O. The number of carbonyl (C=O) groups is 1. The predicted octanol–water partition coefficient (Wildman–Crippen LogP) is 1.56. The summed E-state index contributed by atoms with van der Waals surface area (Å²) in [5, 5.41) is 12.2. The molecule has 5 nitrogen and oxygen atoms in total. The lowest BCUT2D eigenvalue weighted by atomic mass is 9.91. The maximum absolute atomic E-state index is 13.0. The van der Waals surface area contributed by atoms with Gasteiger partial charge in [-0.2, -0.15) is 0 Å². The van der Waals surface area contributed by atoms with Crippen molar-refractivity contribution in [2.45, 2.75) is 19.9 Å². The van der Waals surface area contributed by atoms with E-state index in [2.05, 4.69) is 10.3 Å². The average Bonchev–Trinajstić information content (AvgIpc) is 2.38. The lowest BCUT2D eigenvalue weighted by Gasteiger charge is -2.27. The monoisotopic (exact) mass is 277 g/mol. The average molecular weight is 277 g/mol. The number of carboxylic acids is 1. The van der Waals surface area contributed by atoms with Crippen LogP contribution in [0.2, 0.25) is 0 Å². The number of benzene rings is 1. The first-order valence-corrected chi connectivity index (χ1v) is 6.24. The van der Waals surface area contributed by atoms with Crippen molar-refractivity contribution in [2.24, 2.45) is 16.6 Å². The Labute approximate surface area is 116 Å². The molecule has 1 aromatic carbocycles. The van der Waals surface area contributed by atoms with Crippen LogP contribution in [0, 0.1) is 11.7 Å². The van der Waals surface area contributed by atoms with Crippen LogP contribution >= 0.6 is 0 Å². The summed E-state index contributed by atoms with van der Waals surface area (Å²) >= 11 is 0. The fourth-order valence-corrected chi connectivity index (χ4v) is 2.15. The third kappa shape index (κ3) is 2.64. The summed E-state index contributed by atoms with van der Waals surface area (Å²) in [7, 11) is 0. The smallest absolute Gasteiger partial charge is 0.335 e. The van der Waals surface area contributed by atoms with Gasteiger partial charge in [-0.3, -0.25) is 0 Å². The van der Waals surface area contributed by atoms with Crippen LogP contribution in [0.5, 0.6) is 0 Å². The Hall–Kier alpha value is -2.37. The van der Waals surface area contributed by atoms with Crippen molar-refractivity contribution in [1.29, 1.82) is 0 Å². The number of hydrogen-bond donors (Lipinski definition) is 3. The van der Waals surface area contributed by atoms with Gasteiger partial charge in [0.15, 0.2) is 5.96 Å². The van der Waals surface area contributed by atoms with Gasteiger partial charge in [0.2, 0.25) is 0 Å². The van der Waals surface area contributed by atoms with E-state index >= 15 is 0 Å². The largest absolute Gasteiger partial charge is 0.478 e. The third-order valence-corrected chi connectivity index (χ3v) is 3.09. The number of nitrogens with one attached hydrogen (secondary N) is 1. The molecule has 6 heteroatoms. The molecule has 0 radical (unpaired) electrons. The molecular weight excluding hydrogens is 261 g/mol. The van der Waals surface area contributed by atoms with Crippen molar-refractivity contribution in [3.63, 3.8) is 0 Å². The Bertz CT molecular complexity index is 591. The Morgan fingerprint density at radius 3 is 2.50 bits per heavy atom. The highest BCUT2D eigenvalue weighted by molar-refractivity contribution is 6.03. The highest BCUT2D eigenvalue weighted by atomic mass is 19.1. The summed E-state index contributed by atoms with van der Waals surface area (Å²) in [5.74, 6) is -1.30. The van der Waals surface area contributed by atoms with Crippen molar-refractivity contribution in [1.82, 2.24) is 5.32 Å². The molecule has 0 bridgehead atoms. The Balaban J connectivity index is 2.57. The summed E-state index contributed by atoms with van der Waals surface area (Å²) in [4.78, 5) is 15.7. The van der Waals surface area contributed by atoms with E-state index in [1.807, 2.05) is 13.8 Å². The molecule has 0 amide bonds. The highest BCUT2D eigenvalue weighted by Crippen LogP contribution is 2.27. The summed E-state index contributed by atoms with van der Waals surface area (Å²) in [5.41, 5.74) is 6.79. The number of hydrogen-bond acceptors (Lipinski definition) is 4. The van der Waals surface area contributed by atoms with Gasteiger partial charge >= 0.3 is 5.97 Å². The molecule has 1 unspecified atom stereocenters. The third-order valence-electron chi connectivity index (χ3n) is 3.09. The van der Waals surface area contributed by atoms with E-state index in [0.717, 1.165) is 0 Å². The molecule has 2 rings (SSSR count). The maximum Gasteiger partial charge on any atom is 0.335 e. The number of guanidine groups is 1. The molecule has 1 aliphatic heterocycles. The van der Waals surface area contributed by atoms with Crippen LogP contribution in [-0.4, -0.2) is 23.1 Å². The molecule has 0 aliphatic carbocycles. The normalized spacial score (nSPS) is 18.8. The van der Waals surface area contributed by atoms with Gasteiger partial charge in [-0.15, -0.1) is 0 Å². The molecule has 1 aliphatic rings. The van der Waals surface area contributed by atoms with Crippen LogP contribution in [0.4, 0.5) is 4.39 Å². The first-order chi connectivity index (χ1) is 9.40. The molecule has 0 saturated carbocycles. The van der Waals surface area contributed by atoms with Gasteiger partial charge in [0.1, 0.15) is 5.82 Å². The second-order valence-electron chi connectivity index (χ2n) is 4.93. The lowest BCUT2D eigenvalue weighted by molar-refractivity contribution is -0.133. The van der Waals surface area contributed by atoms with Crippen LogP contribution in [0.3, 0.4) is 0 Å². The number of nitrogens with two attached hydrogens (primary N) is 1. The Kier molecular flexibility index (Phi) is 3.74. The van der Waals surface area contributed by atoms with E-state index in [0.29, 0.717) is 11.3 Å². The molecule has 1 aromatic rings. The second kappa shape index (κ2) is 5.32. The van der Waals surface area contributed by atoms with Crippen molar-refractivity contribution < 1.29 is 14.3 Å². The standard InChI is InChI=1S/C14H16FN3O2/c1-7(2)11-10(13(19)20)12(18-14(16)17-11)8-3-5-9(15)6-4-8/h3-7,11H,1-2H3,(H,19,20)(H3,16,17,18). The van der Waals surface area contributed by atoms with Crippen LogP contribution < -0.4 is 11.1 Å². The molecule has 0 aromatic heterocycles. The second-order valence-corrected chi connectivity index (χ2v) is 4.93. The first-order valence-electron chi connectivity index (χ1n) is 6.24. The minimum Gasteiger partial charge on any atom is -0.478 e. The lowest BCUT2D eigenvalue weighted by Crippen LogP contribution is -2.41. The van der Waals surface area contributed by atoms with Crippen LogP contribution in [0.25, 0.3) is 5.70 Å². The van der Waals surface area contributed by atoms with Gasteiger partial charge < -0.3 is 16.2 Å². The van der Waals surface area contributed by atoms with Gasteiger partial charge in [0.25, 0.3) is 0 Å². The molecule has 0 spiro atoms. The van der Waals surface area contributed by atoms with Gasteiger partial charge in [-0.1, -0.05) is 13.8 Å². The fraction of sp³-hybridized carbons (Fsp3) is 0.286. The number of halogens is 1. The number of carboxylic acid groups (broad SMARTS) is 1. The molecular formula is C14H16FN3O2. The molecule has 0 fully saturated rings.